The first-order chi connectivity index (χ1) is 8.33. The minimum Gasteiger partial charge on any atom is -0.391 e. The summed E-state index contributed by atoms with van der Waals surface area (Å²) in [7, 11) is 0. The van der Waals surface area contributed by atoms with Gasteiger partial charge in [-0.3, -0.25) is 0 Å². The molecule has 0 amide bonds. The van der Waals surface area contributed by atoms with Crippen LogP contribution in [0.2, 0.25) is 0 Å². The fraction of sp³-hybridized carbons (Fsp3) is 0.571. The average molecular weight is 232 g/mol. The van der Waals surface area contributed by atoms with E-state index in [-0.39, 0.29) is 6.10 Å². The van der Waals surface area contributed by atoms with Crippen LogP contribution in [0.1, 0.15) is 24.8 Å². The predicted molar refractivity (Wildman–Crippen MR) is 70.7 cm³/mol. The van der Waals surface area contributed by atoms with Crippen molar-refractivity contribution in [2.24, 2.45) is 0 Å². The van der Waals surface area contributed by atoms with Crippen LogP contribution < -0.4 is 10.2 Å². The lowest BCUT2D eigenvalue weighted by Gasteiger charge is -2.31. The number of hydrogen-bond acceptors (Lipinski definition) is 3. The lowest BCUT2D eigenvalue weighted by molar-refractivity contribution is 0.184. The number of rotatable bonds is 1. The van der Waals surface area contributed by atoms with Gasteiger partial charge in [0.1, 0.15) is 0 Å². The highest BCUT2D eigenvalue weighted by Crippen LogP contribution is 2.28. The topological polar surface area (TPSA) is 35.5 Å². The zero-order valence-corrected chi connectivity index (χ0v) is 10.2. The molecule has 2 aliphatic heterocycles. The van der Waals surface area contributed by atoms with Crippen molar-refractivity contribution in [3.63, 3.8) is 0 Å². The van der Waals surface area contributed by atoms with Gasteiger partial charge < -0.3 is 15.3 Å². The molecule has 3 nitrogen and oxygen atoms in total. The first kappa shape index (κ1) is 10.9. The van der Waals surface area contributed by atoms with Crippen LogP contribution in [0.25, 0.3) is 0 Å². The Hall–Kier alpha value is -1.22. The van der Waals surface area contributed by atoms with Gasteiger partial charge in [-0.25, -0.2) is 0 Å². The van der Waals surface area contributed by atoms with Crippen LogP contribution >= 0.6 is 0 Å². The number of benzene rings is 1. The third kappa shape index (κ3) is 2.25. The van der Waals surface area contributed by atoms with E-state index in [1.807, 2.05) is 0 Å². The standard InChI is InChI=1S/C14H20N2O/c17-13-9-11-8-12(4-5-14(11)15-10-13)16-6-2-1-3-7-16/h4-5,8,13,15,17H,1-3,6-7,9-10H2. The number of β-amino-alcohol motifs (C(OH)–C–C–N with tert-alkyl or cyclic N) is 1. The number of aliphatic hydroxyl groups is 1. The maximum absolute atomic E-state index is 9.68. The van der Waals surface area contributed by atoms with Crippen LogP contribution in [0.4, 0.5) is 11.4 Å². The number of aliphatic hydroxyl groups excluding tert-OH is 1. The second kappa shape index (κ2) is 4.57. The highest BCUT2D eigenvalue weighted by Gasteiger charge is 2.18. The van der Waals surface area contributed by atoms with Crippen molar-refractivity contribution in [3.05, 3.63) is 23.8 Å². The molecule has 0 aliphatic carbocycles. The van der Waals surface area contributed by atoms with Gasteiger partial charge in [0.2, 0.25) is 0 Å². The van der Waals surface area contributed by atoms with Crippen LogP contribution in [0.3, 0.4) is 0 Å². The molecule has 92 valence electrons. The van der Waals surface area contributed by atoms with Crippen molar-refractivity contribution in [1.82, 2.24) is 0 Å². The Labute approximate surface area is 102 Å². The Balaban J connectivity index is 1.84. The van der Waals surface area contributed by atoms with Gasteiger partial charge in [0.05, 0.1) is 6.10 Å². The molecule has 1 aromatic carbocycles. The van der Waals surface area contributed by atoms with E-state index in [0.717, 1.165) is 6.42 Å². The number of hydrogen-bond donors (Lipinski definition) is 2. The predicted octanol–water partition coefficient (Wildman–Crippen LogP) is 2.01. The van der Waals surface area contributed by atoms with Gasteiger partial charge in [0.15, 0.2) is 0 Å². The summed E-state index contributed by atoms with van der Waals surface area (Å²) in [6.45, 7) is 3.03. The van der Waals surface area contributed by atoms with Gasteiger partial charge in [-0.05, 0) is 43.0 Å². The second-order valence-electron chi connectivity index (χ2n) is 5.13. The first-order valence-corrected chi connectivity index (χ1v) is 6.63. The quantitative estimate of drug-likeness (QED) is 0.777. The molecule has 2 N–H and O–H groups in total. The van der Waals surface area contributed by atoms with Gasteiger partial charge in [-0.15, -0.1) is 0 Å². The molecule has 1 atom stereocenters. The molecule has 3 rings (SSSR count). The molecule has 3 heteroatoms. The molecular weight excluding hydrogens is 212 g/mol. The molecule has 2 heterocycles. The zero-order chi connectivity index (χ0) is 11.7. The lowest BCUT2D eigenvalue weighted by atomic mass is 10.00. The number of fused-ring (bicyclic) bond motifs is 1. The van der Waals surface area contributed by atoms with Crippen molar-refractivity contribution in [1.29, 1.82) is 0 Å². The van der Waals surface area contributed by atoms with Crippen LogP contribution in [0.15, 0.2) is 18.2 Å². The lowest BCUT2D eigenvalue weighted by Crippen LogP contribution is -2.31. The van der Waals surface area contributed by atoms with E-state index in [4.69, 9.17) is 0 Å². The molecule has 0 bridgehead atoms. The Kier molecular flexibility index (Phi) is 2.93. The summed E-state index contributed by atoms with van der Waals surface area (Å²) in [6.07, 6.45) is 4.51. The minimum atomic E-state index is -0.237. The van der Waals surface area contributed by atoms with E-state index in [0.29, 0.717) is 6.54 Å². The van der Waals surface area contributed by atoms with E-state index in [9.17, 15) is 5.11 Å². The van der Waals surface area contributed by atoms with Crippen molar-refractivity contribution < 1.29 is 5.11 Å². The SMILES string of the molecule is OC1CNc2ccc(N3CCCCC3)cc2C1. The van der Waals surface area contributed by atoms with Gasteiger partial charge in [-0.2, -0.15) is 0 Å². The van der Waals surface area contributed by atoms with E-state index in [1.54, 1.807) is 0 Å². The molecule has 1 aromatic rings. The molecule has 1 saturated heterocycles. The van der Waals surface area contributed by atoms with Crippen LogP contribution in [0.5, 0.6) is 0 Å². The number of anilines is 2. The maximum atomic E-state index is 9.68. The molecule has 1 fully saturated rings. The zero-order valence-electron chi connectivity index (χ0n) is 10.2. The van der Waals surface area contributed by atoms with E-state index < -0.39 is 0 Å². The first-order valence-electron chi connectivity index (χ1n) is 6.63. The van der Waals surface area contributed by atoms with Crippen molar-refractivity contribution >= 4 is 11.4 Å². The Bertz CT molecular complexity index is 399. The highest BCUT2D eigenvalue weighted by molar-refractivity contribution is 5.62. The fourth-order valence-electron chi connectivity index (χ4n) is 2.82. The maximum Gasteiger partial charge on any atom is 0.0753 e. The van der Waals surface area contributed by atoms with Gasteiger partial charge in [0.25, 0.3) is 0 Å². The fourth-order valence-corrected chi connectivity index (χ4v) is 2.82. The Morgan fingerprint density at radius 3 is 2.82 bits per heavy atom. The molecule has 1 unspecified atom stereocenters. The van der Waals surface area contributed by atoms with E-state index >= 15 is 0 Å². The van der Waals surface area contributed by atoms with Crippen molar-refractivity contribution in [3.8, 4) is 0 Å². The molecular formula is C14H20N2O. The van der Waals surface area contributed by atoms with Crippen molar-refractivity contribution in [2.75, 3.05) is 29.9 Å². The summed E-state index contributed by atoms with van der Waals surface area (Å²) in [5.74, 6) is 0. The van der Waals surface area contributed by atoms with Crippen LogP contribution in [-0.4, -0.2) is 30.8 Å². The van der Waals surface area contributed by atoms with Gasteiger partial charge >= 0.3 is 0 Å². The third-order valence-electron chi connectivity index (χ3n) is 3.79. The minimum absolute atomic E-state index is 0.237. The van der Waals surface area contributed by atoms with E-state index in [2.05, 4.69) is 28.4 Å². The summed E-state index contributed by atoms with van der Waals surface area (Å²) in [5, 5.41) is 13.0. The summed E-state index contributed by atoms with van der Waals surface area (Å²) >= 11 is 0. The van der Waals surface area contributed by atoms with Crippen LogP contribution in [-0.2, 0) is 6.42 Å². The number of piperidine rings is 1. The average Bonchev–Trinajstić information content (AvgIpc) is 2.39. The molecule has 17 heavy (non-hydrogen) atoms. The summed E-state index contributed by atoms with van der Waals surface area (Å²) in [4.78, 5) is 2.46. The monoisotopic (exact) mass is 232 g/mol. The highest BCUT2D eigenvalue weighted by atomic mass is 16.3. The molecule has 0 spiro atoms. The van der Waals surface area contributed by atoms with Gasteiger partial charge in [-0.1, -0.05) is 0 Å². The van der Waals surface area contributed by atoms with Crippen molar-refractivity contribution in [2.45, 2.75) is 31.8 Å². The number of nitrogens with one attached hydrogen (secondary N) is 1. The van der Waals surface area contributed by atoms with Gasteiger partial charge in [0, 0.05) is 37.4 Å². The van der Waals surface area contributed by atoms with Crippen LogP contribution in [0, 0.1) is 0 Å². The molecule has 0 aromatic heterocycles. The molecule has 0 radical (unpaired) electrons. The summed E-state index contributed by atoms with van der Waals surface area (Å²) in [5.41, 5.74) is 3.77. The second-order valence-corrected chi connectivity index (χ2v) is 5.13. The Morgan fingerprint density at radius 2 is 2.00 bits per heavy atom. The Morgan fingerprint density at radius 1 is 1.18 bits per heavy atom. The number of nitrogens with zero attached hydrogens (tertiary/aromatic N) is 1. The normalized spacial score (nSPS) is 24.1. The van der Waals surface area contributed by atoms with E-state index in [1.165, 1.54) is 49.3 Å². The molecule has 0 saturated carbocycles. The largest absolute Gasteiger partial charge is 0.391 e. The summed E-state index contributed by atoms with van der Waals surface area (Å²) < 4.78 is 0. The third-order valence-corrected chi connectivity index (χ3v) is 3.79. The summed E-state index contributed by atoms with van der Waals surface area (Å²) in [6, 6.07) is 6.61. The molecule has 2 aliphatic rings. The smallest absolute Gasteiger partial charge is 0.0753 e.